The third kappa shape index (κ3) is 4.61. The fourth-order valence-corrected chi connectivity index (χ4v) is 4.50. The lowest BCUT2D eigenvalue weighted by Gasteiger charge is -2.32. The van der Waals surface area contributed by atoms with Crippen LogP contribution in [0.25, 0.3) is 0 Å². The number of ether oxygens (including phenoxy) is 4. The van der Waals surface area contributed by atoms with Crippen LogP contribution < -0.4 is 9.47 Å². The summed E-state index contributed by atoms with van der Waals surface area (Å²) < 4.78 is 22.7. The van der Waals surface area contributed by atoms with Gasteiger partial charge in [-0.2, -0.15) is 0 Å². The fraction of sp³-hybridized carbons (Fsp3) is 0.556. The van der Waals surface area contributed by atoms with Gasteiger partial charge in [0.05, 0.1) is 0 Å². The van der Waals surface area contributed by atoms with E-state index in [1.165, 1.54) is 33.4 Å². The van der Waals surface area contributed by atoms with Crippen molar-refractivity contribution in [2.24, 2.45) is 0 Å². The van der Waals surface area contributed by atoms with E-state index in [1.54, 1.807) is 0 Å². The van der Waals surface area contributed by atoms with E-state index in [0.29, 0.717) is 13.2 Å². The van der Waals surface area contributed by atoms with Crippen LogP contribution in [0.15, 0.2) is 24.3 Å². The number of rotatable bonds is 10. The normalized spacial score (nSPS) is 19.9. The monoisotopic (exact) mass is 424 g/mol. The molecule has 0 saturated carbocycles. The van der Waals surface area contributed by atoms with Gasteiger partial charge < -0.3 is 18.9 Å². The first-order chi connectivity index (χ1) is 14.9. The van der Waals surface area contributed by atoms with Crippen molar-refractivity contribution < 1.29 is 18.9 Å². The van der Waals surface area contributed by atoms with Gasteiger partial charge in [0, 0.05) is 5.41 Å². The average Bonchev–Trinajstić information content (AvgIpc) is 3.70. The second-order valence-electron chi connectivity index (χ2n) is 9.03. The molecule has 2 saturated heterocycles. The smallest absolute Gasteiger partial charge is 0.223 e. The SMILES string of the molecule is CCc1cc(C(C)(C)c2cc(CC)c(OC3CO3)cc2CC)c(CC)cc1OC1CO1. The summed E-state index contributed by atoms with van der Waals surface area (Å²) in [6.07, 6.45) is 3.65. The molecule has 31 heavy (non-hydrogen) atoms. The molecular formula is C27H36O4. The quantitative estimate of drug-likeness (QED) is 0.457. The minimum absolute atomic E-state index is 0.0735. The summed E-state index contributed by atoms with van der Waals surface area (Å²) in [5, 5.41) is 0. The van der Waals surface area contributed by atoms with Gasteiger partial charge in [-0.3, -0.25) is 0 Å². The van der Waals surface area contributed by atoms with Gasteiger partial charge in [0.25, 0.3) is 0 Å². The molecule has 4 heteroatoms. The van der Waals surface area contributed by atoms with Gasteiger partial charge in [-0.25, -0.2) is 0 Å². The van der Waals surface area contributed by atoms with E-state index in [-0.39, 0.29) is 18.0 Å². The van der Waals surface area contributed by atoms with Gasteiger partial charge in [-0.1, -0.05) is 53.7 Å². The van der Waals surface area contributed by atoms with Crippen LogP contribution in [0.1, 0.15) is 74.9 Å². The van der Waals surface area contributed by atoms with Crippen LogP contribution in [0.3, 0.4) is 0 Å². The maximum absolute atomic E-state index is 6.05. The van der Waals surface area contributed by atoms with Gasteiger partial charge in [0.2, 0.25) is 12.6 Å². The number of benzene rings is 2. The lowest BCUT2D eigenvalue weighted by molar-refractivity contribution is 0.177. The molecule has 2 heterocycles. The third-order valence-corrected chi connectivity index (χ3v) is 6.57. The lowest BCUT2D eigenvalue weighted by Crippen LogP contribution is -2.24. The van der Waals surface area contributed by atoms with E-state index in [9.17, 15) is 0 Å². The first-order valence-electron chi connectivity index (χ1n) is 11.8. The molecule has 4 nitrogen and oxygen atoms in total. The molecule has 0 aromatic heterocycles. The molecule has 0 aliphatic carbocycles. The standard InChI is InChI=1S/C27H36O4/c1-7-17-13-23(30-25-15-28-25)19(9-3)11-21(17)27(5,6)22-12-20(10-4)24(14-18(22)8-2)31-26-16-29-26/h11-14,25-26H,7-10,15-16H2,1-6H3. The Balaban J connectivity index is 1.79. The lowest BCUT2D eigenvalue weighted by atomic mass is 9.72. The van der Waals surface area contributed by atoms with Crippen LogP contribution in [0.2, 0.25) is 0 Å². The predicted molar refractivity (Wildman–Crippen MR) is 123 cm³/mol. The van der Waals surface area contributed by atoms with Gasteiger partial charge >= 0.3 is 0 Å². The van der Waals surface area contributed by atoms with Crippen molar-refractivity contribution in [1.82, 2.24) is 0 Å². The van der Waals surface area contributed by atoms with E-state index < -0.39 is 0 Å². The Kier molecular flexibility index (Phi) is 6.32. The number of aryl methyl sites for hydroxylation is 4. The largest absolute Gasteiger partial charge is 0.462 e. The van der Waals surface area contributed by atoms with Crippen molar-refractivity contribution in [3.63, 3.8) is 0 Å². The van der Waals surface area contributed by atoms with Crippen LogP contribution in [-0.2, 0) is 40.6 Å². The van der Waals surface area contributed by atoms with Crippen LogP contribution in [-0.4, -0.2) is 25.8 Å². The van der Waals surface area contributed by atoms with Gasteiger partial charge in [0.1, 0.15) is 24.7 Å². The summed E-state index contributed by atoms with van der Waals surface area (Å²) in [5.41, 5.74) is 7.80. The summed E-state index contributed by atoms with van der Waals surface area (Å²) in [6.45, 7) is 14.9. The average molecular weight is 425 g/mol. The summed E-state index contributed by atoms with van der Waals surface area (Å²) >= 11 is 0. The second kappa shape index (κ2) is 8.84. The highest BCUT2D eigenvalue weighted by molar-refractivity contribution is 5.54. The van der Waals surface area contributed by atoms with Crippen molar-refractivity contribution in [3.8, 4) is 11.5 Å². The highest BCUT2D eigenvalue weighted by Crippen LogP contribution is 2.42. The zero-order chi connectivity index (χ0) is 22.2. The third-order valence-electron chi connectivity index (χ3n) is 6.57. The molecule has 4 rings (SSSR count). The summed E-state index contributed by atoms with van der Waals surface area (Å²) in [6, 6.07) is 9.21. The van der Waals surface area contributed by atoms with Crippen molar-refractivity contribution >= 4 is 0 Å². The maximum atomic E-state index is 6.05. The van der Waals surface area contributed by atoms with Crippen LogP contribution in [0, 0.1) is 0 Å². The van der Waals surface area contributed by atoms with E-state index >= 15 is 0 Å². The molecule has 0 radical (unpaired) electrons. The Morgan fingerprint density at radius 1 is 0.677 bits per heavy atom. The molecule has 2 aliphatic heterocycles. The number of hydrogen-bond acceptors (Lipinski definition) is 4. The summed E-state index contributed by atoms with van der Waals surface area (Å²) in [5.74, 6) is 1.94. The number of epoxide rings is 2. The first-order valence-corrected chi connectivity index (χ1v) is 11.8. The molecule has 0 N–H and O–H groups in total. The van der Waals surface area contributed by atoms with Gasteiger partial charge in [-0.05, 0) is 71.2 Å². The van der Waals surface area contributed by atoms with Crippen molar-refractivity contribution in [3.05, 3.63) is 57.6 Å². The Morgan fingerprint density at radius 3 is 1.32 bits per heavy atom. The topological polar surface area (TPSA) is 43.5 Å². The molecule has 0 bridgehead atoms. The molecule has 2 unspecified atom stereocenters. The minimum atomic E-state index is -0.131. The molecule has 2 fully saturated rings. The van der Waals surface area contributed by atoms with Crippen LogP contribution in [0.5, 0.6) is 11.5 Å². The van der Waals surface area contributed by atoms with Crippen molar-refractivity contribution in [1.29, 1.82) is 0 Å². The fourth-order valence-electron chi connectivity index (χ4n) is 4.50. The maximum Gasteiger partial charge on any atom is 0.223 e. The summed E-state index contributed by atoms with van der Waals surface area (Å²) in [7, 11) is 0. The first kappa shape index (κ1) is 22.2. The highest BCUT2D eigenvalue weighted by atomic mass is 16.8. The highest BCUT2D eigenvalue weighted by Gasteiger charge is 2.32. The summed E-state index contributed by atoms with van der Waals surface area (Å²) in [4.78, 5) is 0. The molecule has 0 amide bonds. The Bertz CT molecular complexity index is 863. The van der Waals surface area contributed by atoms with Crippen LogP contribution >= 0.6 is 0 Å². The Hall–Kier alpha value is -2.04. The number of hydrogen-bond donors (Lipinski definition) is 0. The van der Waals surface area contributed by atoms with E-state index in [1.807, 2.05) is 0 Å². The van der Waals surface area contributed by atoms with Crippen LogP contribution in [0.4, 0.5) is 0 Å². The predicted octanol–water partition coefficient (Wildman–Crippen LogP) is 5.73. The van der Waals surface area contributed by atoms with Crippen molar-refractivity contribution in [2.75, 3.05) is 13.2 Å². The molecule has 0 spiro atoms. The molecule has 2 aromatic rings. The second-order valence-corrected chi connectivity index (χ2v) is 9.03. The molecule has 2 atom stereocenters. The molecular weight excluding hydrogens is 388 g/mol. The zero-order valence-corrected chi connectivity index (χ0v) is 19.8. The molecule has 2 aliphatic rings. The zero-order valence-electron chi connectivity index (χ0n) is 19.8. The van der Waals surface area contributed by atoms with E-state index in [0.717, 1.165) is 37.2 Å². The Morgan fingerprint density at radius 2 is 1.03 bits per heavy atom. The Labute approximate surface area is 186 Å². The molecule has 168 valence electrons. The van der Waals surface area contributed by atoms with Gasteiger partial charge in [0.15, 0.2) is 0 Å². The van der Waals surface area contributed by atoms with Crippen molar-refractivity contribution in [2.45, 2.75) is 85.2 Å². The minimum Gasteiger partial charge on any atom is -0.462 e. The van der Waals surface area contributed by atoms with Gasteiger partial charge in [-0.15, -0.1) is 0 Å². The molecule has 2 aromatic carbocycles. The van der Waals surface area contributed by atoms with E-state index in [4.69, 9.17) is 18.9 Å². The van der Waals surface area contributed by atoms with E-state index in [2.05, 4.69) is 65.8 Å².